The van der Waals surface area contributed by atoms with Crippen LogP contribution in [0.1, 0.15) is 25.7 Å². The first-order valence-corrected chi connectivity index (χ1v) is 3.22. The minimum absolute atomic E-state index is 0.0370. The largest absolute Gasteiger partial charge is 0.393 e. The summed E-state index contributed by atoms with van der Waals surface area (Å²) in [5.74, 6) is 0. The van der Waals surface area contributed by atoms with Crippen LogP contribution in [0.3, 0.4) is 0 Å². The Morgan fingerprint density at radius 3 is 2.12 bits per heavy atom. The molecule has 1 nitrogen and oxygen atoms in total. The number of rotatable bonds is 0. The Morgan fingerprint density at radius 1 is 1.12 bits per heavy atom. The zero-order valence-electron chi connectivity index (χ0n) is 5.01. The molecule has 0 saturated carbocycles. The van der Waals surface area contributed by atoms with Gasteiger partial charge in [-0.3, -0.25) is 0 Å². The molecule has 0 amide bonds. The number of aliphatic hydroxyl groups is 1. The van der Waals surface area contributed by atoms with Crippen LogP contribution in [0.15, 0.2) is 12.2 Å². The number of hydrogen-bond acceptors (Lipinski definition) is 1. The lowest BCUT2D eigenvalue weighted by atomic mass is 10.2. The van der Waals surface area contributed by atoms with Crippen LogP contribution in [-0.4, -0.2) is 11.2 Å². The van der Waals surface area contributed by atoms with Gasteiger partial charge in [0, 0.05) is 0 Å². The Kier molecular flexibility index (Phi) is 2.10. The minimum atomic E-state index is -0.0370. The van der Waals surface area contributed by atoms with Gasteiger partial charge in [-0.15, -0.1) is 0 Å². The predicted molar refractivity (Wildman–Crippen MR) is 33.6 cm³/mol. The van der Waals surface area contributed by atoms with Gasteiger partial charge in [0.1, 0.15) is 0 Å². The van der Waals surface area contributed by atoms with Crippen LogP contribution in [0, 0.1) is 0 Å². The molecule has 0 bridgehead atoms. The molecule has 0 fully saturated rings. The fraction of sp³-hybridized carbons (Fsp3) is 0.714. The van der Waals surface area contributed by atoms with Gasteiger partial charge < -0.3 is 5.11 Å². The predicted octanol–water partition coefficient (Wildman–Crippen LogP) is 1.48. The molecule has 1 aliphatic rings. The van der Waals surface area contributed by atoms with Crippen LogP contribution in [0.25, 0.3) is 0 Å². The van der Waals surface area contributed by atoms with Crippen molar-refractivity contribution in [2.24, 2.45) is 0 Å². The van der Waals surface area contributed by atoms with Gasteiger partial charge in [-0.2, -0.15) is 0 Å². The Hall–Kier alpha value is -0.300. The van der Waals surface area contributed by atoms with E-state index in [1.54, 1.807) is 0 Å². The first kappa shape index (κ1) is 5.83. The van der Waals surface area contributed by atoms with E-state index in [0.29, 0.717) is 0 Å². The number of allylic oxidation sites excluding steroid dienone is 2. The maximum atomic E-state index is 9.05. The van der Waals surface area contributed by atoms with Crippen molar-refractivity contribution in [1.82, 2.24) is 0 Å². The zero-order valence-corrected chi connectivity index (χ0v) is 5.01. The van der Waals surface area contributed by atoms with Crippen LogP contribution in [0.5, 0.6) is 0 Å². The van der Waals surface area contributed by atoms with E-state index in [1.165, 1.54) is 0 Å². The molecule has 8 heavy (non-hydrogen) atoms. The van der Waals surface area contributed by atoms with Crippen molar-refractivity contribution in [2.75, 3.05) is 0 Å². The van der Waals surface area contributed by atoms with E-state index >= 15 is 0 Å². The highest BCUT2D eigenvalue weighted by molar-refractivity contribution is 4.86. The topological polar surface area (TPSA) is 20.2 Å². The van der Waals surface area contributed by atoms with E-state index in [1.807, 2.05) is 0 Å². The quantitative estimate of drug-likeness (QED) is 0.470. The number of aliphatic hydroxyl groups excluding tert-OH is 1. The highest BCUT2D eigenvalue weighted by Crippen LogP contribution is 2.10. The lowest BCUT2D eigenvalue weighted by Gasteiger charge is -2.02. The third kappa shape index (κ3) is 1.66. The van der Waals surface area contributed by atoms with Crippen LogP contribution in [-0.2, 0) is 0 Å². The summed E-state index contributed by atoms with van der Waals surface area (Å²) in [6.07, 6.45) is 8.28. The smallest absolute Gasteiger partial charge is 0.0546 e. The molecule has 46 valence electrons. The van der Waals surface area contributed by atoms with Gasteiger partial charge in [-0.1, -0.05) is 12.2 Å². The second-order valence-corrected chi connectivity index (χ2v) is 2.28. The molecule has 0 atom stereocenters. The fourth-order valence-corrected chi connectivity index (χ4v) is 0.957. The summed E-state index contributed by atoms with van der Waals surface area (Å²) >= 11 is 0. The van der Waals surface area contributed by atoms with Gasteiger partial charge in [-0.25, -0.2) is 0 Å². The molecule has 0 aromatic rings. The molecular weight excluding hydrogens is 100 g/mol. The maximum Gasteiger partial charge on any atom is 0.0546 e. The lowest BCUT2D eigenvalue weighted by molar-refractivity contribution is 0.159. The Morgan fingerprint density at radius 2 is 1.62 bits per heavy atom. The summed E-state index contributed by atoms with van der Waals surface area (Å²) in [5, 5.41) is 9.05. The summed E-state index contributed by atoms with van der Waals surface area (Å²) in [5.41, 5.74) is 0. The van der Waals surface area contributed by atoms with Crippen molar-refractivity contribution in [3.05, 3.63) is 12.2 Å². The lowest BCUT2D eigenvalue weighted by Crippen LogP contribution is -2.02. The summed E-state index contributed by atoms with van der Waals surface area (Å²) in [4.78, 5) is 0. The second-order valence-electron chi connectivity index (χ2n) is 2.28. The monoisotopic (exact) mass is 112 g/mol. The third-order valence-electron chi connectivity index (χ3n) is 1.50. The number of hydrogen-bond donors (Lipinski definition) is 1. The highest BCUT2D eigenvalue weighted by Gasteiger charge is 2.02. The molecule has 0 heterocycles. The van der Waals surface area contributed by atoms with E-state index in [0.717, 1.165) is 25.7 Å². The standard InChI is InChI=1S/C7H12O/c8-7-5-3-1-2-4-6-7/h1-2,7-8H,3-6H2. The molecule has 0 spiro atoms. The molecule has 0 aliphatic heterocycles. The Balaban J connectivity index is 2.28. The minimum Gasteiger partial charge on any atom is -0.393 e. The van der Waals surface area contributed by atoms with E-state index in [4.69, 9.17) is 5.11 Å². The summed E-state index contributed by atoms with van der Waals surface area (Å²) < 4.78 is 0. The van der Waals surface area contributed by atoms with Crippen LogP contribution in [0.4, 0.5) is 0 Å². The van der Waals surface area contributed by atoms with Gasteiger partial charge in [0.15, 0.2) is 0 Å². The van der Waals surface area contributed by atoms with Crippen molar-refractivity contribution >= 4 is 0 Å². The normalized spacial score (nSPS) is 23.1. The van der Waals surface area contributed by atoms with E-state index in [9.17, 15) is 0 Å². The van der Waals surface area contributed by atoms with Crippen molar-refractivity contribution < 1.29 is 5.11 Å². The average Bonchev–Trinajstić information content (AvgIpc) is 1.94. The van der Waals surface area contributed by atoms with Gasteiger partial charge in [0.25, 0.3) is 0 Å². The summed E-state index contributed by atoms with van der Waals surface area (Å²) in [6, 6.07) is 0. The van der Waals surface area contributed by atoms with E-state index in [2.05, 4.69) is 12.2 Å². The van der Waals surface area contributed by atoms with Gasteiger partial charge in [-0.05, 0) is 25.7 Å². The van der Waals surface area contributed by atoms with Crippen LogP contribution >= 0.6 is 0 Å². The first-order chi connectivity index (χ1) is 3.89. The highest BCUT2D eigenvalue weighted by atomic mass is 16.3. The molecule has 0 aromatic heterocycles. The molecule has 1 aliphatic carbocycles. The molecule has 1 rings (SSSR count). The van der Waals surface area contributed by atoms with Crippen molar-refractivity contribution in [3.8, 4) is 0 Å². The average molecular weight is 112 g/mol. The molecule has 0 aromatic carbocycles. The third-order valence-corrected chi connectivity index (χ3v) is 1.50. The fourth-order valence-electron chi connectivity index (χ4n) is 0.957. The molecule has 0 radical (unpaired) electrons. The summed E-state index contributed by atoms with van der Waals surface area (Å²) in [7, 11) is 0. The van der Waals surface area contributed by atoms with Crippen molar-refractivity contribution in [3.63, 3.8) is 0 Å². The van der Waals surface area contributed by atoms with E-state index < -0.39 is 0 Å². The van der Waals surface area contributed by atoms with Gasteiger partial charge in [0.05, 0.1) is 6.10 Å². The van der Waals surface area contributed by atoms with E-state index in [-0.39, 0.29) is 6.10 Å². The molecule has 1 N–H and O–H groups in total. The second kappa shape index (κ2) is 2.88. The maximum absolute atomic E-state index is 9.05. The SMILES string of the molecule is OC1CCC=CCC1. The van der Waals surface area contributed by atoms with Gasteiger partial charge in [0.2, 0.25) is 0 Å². The molecule has 1 heteroatoms. The first-order valence-electron chi connectivity index (χ1n) is 3.22. The zero-order chi connectivity index (χ0) is 5.82. The molecule has 0 unspecified atom stereocenters. The summed E-state index contributed by atoms with van der Waals surface area (Å²) in [6.45, 7) is 0. The van der Waals surface area contributed by atoms with Crippen molar-refractivity contribution in [1.29, 1.82) is 0 Å². The van der Waals surface area contributed by atoms with Crippen molar-refractivity contribution in [2.45, 2.75) is 31.8 Å². The van der Waals surface area contributed by atoms with Gasteiger partial charge >= 0.3 is 0 Å². The van der Waals surface area contributed by atoms with Crippen LogP contribution < -0.4 is 0 Å². The molecule has 0 saturated heterocycles. The Labute approximate surface area is 50.0 Å². The van der Waals surface area contributed by atoms with Crippen LogP contribution in [0.2, 0.25) is 0 Å². The Bertz CT molecular complexity index is 76.4. The molecular formula is C7H12O.